The Kier molecular flexibility index (Phi) is 4.40. The van der Waals surface area contributed by atoms with Crippen LogP contribution in [0, 0.1) is 5.41 Å². The van der Waals surface area contributed by atoms with Crippen LogP contribution in [0.5, 0.6) is 0 Å². The zero-order valence-electron chi connectivity index (χ0n) is 12.3. The van der Waals surface area contributed by atoms with Crippen LogP contribution in [0.25, 0.3) is 6.08 Å². The fraction of sp³-hybridized carbons (Fsp3) is 0.438. The molecular formula is C16H20N2O3. The van der Waals surface area contributed by atoms with Crippen molar-refractivity contribution in [2.24, 2.45) is 5.41 Å². The van der Waals surface area contributed by atoms with Gasteiger partial charge >= 0.3 is 5.97 Å². The van der Waals surface area contributed by atoms with Gasteiger partial charge in [0, 0.05) is 24.5 Å². The average Bonchev–Trinajstić information content (AvgIpc) is 2.76. The van der Waals surface area contributed by atoms with Crippen LogP contribution in [0.4, 0.5) is 0 Å². The van der Waals surface area contributed by atoms with E-state index in [0.717, 1.165) is 25.3 Å². The first kappa shape index (κ1) is 15.2. The lowest BCUT2D eigenvalue weighted by Gasteiger charge is -2.27. The third-order valence-electron chi connectivity index (χ3n) is 4.00. The van der Waals surface area contributed by atoms with Gasteiger partial charge in [0.1, 0.15) is 0 Å². The Morgan fingerprint density at radius 3 is 2.81 bits per heavy atom. The molecule has 1 aliphatic rings. The molecule has 0 radical (unpaired) electrons. The molecule has 112 valence electrons. The Bertz CT molecular complexity index is 579. The molecule has 2 rings (SSSR count). The Morgan fingerprint density at radius 2 is 2.19 bits per heavy atom. The SMILES string of the molecule is CC1(C)CCCC1NC(=O)c1cncc(C=CC(=O)O)c1. The van der Waals surface area contributed by atoms with E-state index in [1.807, 2.05) is 0 Å². The maximum atomic E-state index is 12.3. The molecule has 1 aromatic heterocycles. The maximum Gasteiger partial charge on any atom is 0.328 e. The highest BCUT2D eigenvalue weighted by molar-refractivity contribution is 5.95. The van der Waals surface area contributed by atoms with Crippen LogP contribution >= 0.6 is 0 Å². The molecule has 1 heterocycles. The lowest BCUT2D eigenvalue weighted by molar-refractivity contribution is -0.131. The summed E-state index contributed by atoms with van der Waals surface area (Å²) in [5.41, 5.74) is 1.16. The van der Waals surface area contributed by atoms with Crippen LogP contribution in [0.3, 0.4) is 0 Å². The van der Waals surface area contributed by atoms with E-state index in [2.05, 4.69) is 24.1 Å². The summed E-state index contributed by atoms with van der Waals surface area (Å²) in [6, 6.07) is 1.81. The molecule has 2 N–H and O–H groups in total. The van der Waals surface area contributed by atoms with Crippen LogP contribution < -0.4 is 5.32 Å². The van der Waals surface area contributed by atoms with Crippen LogP contribution in [0.2, 0.25) is 0 Å². The number of amides is 1. The Hall–Kier alpha value is -2.17. The summed E-state index contributed by atoms with van der Waals surface area (Å²) in [4.78, 5) is 26.8. The average molecular weight is 288 g/mol. The van der Waals surface area contributed by atoms with Crippen molar-refractivity contribution in [3.8, 4) is 0 Å². The van der Waals surface area contributed by atoms with Crippen molar-refractivity contribution in [2.75, 3.05) is 0 Å². The summed E-state index contributed by atoms with van der Waals surface area (Å²) in [6.45, 7) is 4.32. The highest BCUT2D eigenvalue weighted by Gasteiger charge is 2.35. The number of carbonyl (C=O) groups is 2. The standard InChI is InChI=1S/C16H20N2O3/c1-16(2)7-3-4-13(16)18-15(21)12-8-11(9-17-10-12)5-6-14(19)20/h5-6,8-10,13H,3-4,7H2,1-2H3,(H,18,21)(H,19,20). The zero-order valence-corrected chi connectivity index (χ0v) is 12.3. The molecule has 0 aliphatic heterocycles. The molecule has 0 bridgehead atoms. The van der Waals surface area contributed by atoms with Crippen LogP contribution in [0.1, 0.15) is 49.0 Å². The monoisotopic (exact) mass is 288 g/mol. The molecule has 1 aromatic rings. The molecule has 5 nitrogen and oxygen atoms in total. The van der Waals surface area contributed by atoms with Gasteiger partial charge in [-0.1, -0.05) is 20.3 Å². The van der Waals surface area contributed by atoms with Crippen LogP contribution in [-0.2, 0) is 4.79 Å². The molecule has 0 spiro atoms. The number of nitrogens with zero attached hydrogens (tertiary/aromatic N) is 1. The lowest BCUT2D eigenvalue weighted by atomic mass is 9.87. The van der Waals surface area contributed by atoms with Gasteiger partial charge in [-0.2, -0.15) is 0 Å². The Labute approximate surface area is 124 Å². The van der Waals surface area contributed by atoms with Crippen LogP contribution in [-0.4, -0.2) is 28.0 Å². The number of nitrogens with one attached hydrogen (secondary N) is 1. The molecule has 21 heavy (non-hydrogen) atoms. The fourth-order valence-corrected chi connectivity index (χ4v) is 2.68. The first-order valence-corrected chi connectivity index (χ1v) is 7.05. The van der Waals surface area contributed by atoms with Crippen molar-refractivity contribution in [3.63, 3.8) is 0 Å². The number of carbonyl (C=O) groups excluding carboxylic acids is 1. The Morgan fingerprint density at radius 1 is 1.43 bits per heavy atom. The largest absolute Gasteiger partial charge is 0.478 e. The second kappa shape index (κ2) is 6.08. The molecule has 1 aliphatic carbocycles. The highest BCUT2D eigenvalue weighted by Crippen LogP contribution is 2.37. The molecule has 5 heteroatoms. The fourth-order valence-electron chi connectivity index (χ4n) is 2.68. The summed E-state index contributed by atoms with van der Waals surface area (Å²) >= 11 is 0. The van der Waals surface area contributed by atoms with Crippen LogP contribution in [0.15, 0.2) is 24.5 Å². The Balaban J connectivity index is 2.09. The first-order chi connectivity index (χ1) is 9.88. The topological polar surface area (TPSA) is 79.3 Å². The number of carboxylic acids is 1. The van der Waals surface area contributed by atoms with Gasteiger partial charge in [-0.25, -0.2) is 4.79 Å². The van der Waals surface area contributed by atoms with E-state index >= 15 is 0 Å². The smallest absolute Gasteiger partial charge is 0.328 e. The molecule has 1 unspecified atom stereocenters. The van der Waals surface area contributed by atoms with Gasteiger partial charge in [0.2, 0.25) is 0 Å². The zero-order chi connectivity index (χ0) is 15.5. The van der Waals surface area contributed by atoms with E-state index in [1.54, 1.807) is 6.07 Å². The summed E-state index contributed by atoms with van der Waals surface area (Å²) in [6.07, 6.45) is 8.69. The van der Waals surface area contributed by atoms with Crippen molar-refractivity contribution >= 4 is 18.0 Å². The molecule has 1 atom stereocenters. The number of rotatable bonds is 4. The molecule has 1 saturated carbocycles. The van der Waals surface area contributed by atoms with Gasteiger partial charge in [-0.05, 0) is 36.0 Å². The number of hydrogen-bond donors (Lipinski definition) is 2. The van der Waals surface area contributed by atoms with E-state index < -0.39 is 5.97 Å². The summed E-state index contributed by atoms with van der Waals surface area (Å²) in [7, 11) is 0. The number of hydrogen-bond acceptors (Lipinski definition) is 3. The maximum absolute atomic E-state index is 12.3. The van der Waals surface area contributed by atoms with Crippen molar-refractivity contribution in [3.05, 3.63) is 35.7 Å². The van der Waals surface area contributed by atoms with E-state index in [4.69, 9.17) is 5.11 Å². The van der Waals surface area contributed by atoms with Gasteiger partial charge < -0.3 is 10.4 Å². The van der Waals surface area contributed by atoms with Gasteiger partial charge in [0.05, 0.1) is 5.56 Å². The molecule has 0 saturated heterocycles. The van der Waals surface area contributed by atoms with E-state index in [9.17, 15) is 9.59 Å². The summed E-state index contributed by atoms with van der Waals surface area (Å²) < 4.78 is 0. The normalized spacial score (nSPS) is 20.6. The van der Waals surface area contributed by atoms with Gasteiger partial charge in [-0.3, -0.25) is 9.78 Å². The second-order valence-corrected chi connectivity index (χ2v) is 6.09. The third kappa shape index (κ3) is 3.90. The van der Waals surface area contributed by atoms with E-state index in [-0.39, 0.29) is 17.4 Å². The first-order valence-electron chi connectivity index (χ1n) is 7.05. The molecular weight excluding hydrogens is 268 g/mol. The minimum absolute atomic E-state index is 0.115. The number of carboxylic acid groups (broad SMARTS) is 1. The quantitative estimate of drug-likeness (QED) is 0.834. The molecule has 0 aromatic carbocycles. The second-order valence-electron chi connectivity index (χ2n) is 6.09. The van der Waals surface area contributed by atoms with Gasteiger partial charge in [0.25, 0.3) is 5.91 Å². The van der Waals surface area contributed by atoms with Gasteiger partial charge in [0.15, 0.2) is 0 Å². The molecule has 1 amide bonds. The highest BCUT2D eigenvalue weighted by atomic mass is 16.4. The predicted octanol–water partition coefficient (Wildman–Crippen LogP) is 2.49. The predicted molar refractivity (Wildman–Crippen MR) is 79.8 cm³/mol. The van der Waals surface area contributed by atoms with E-state index in [1.165, 1.54) is 18.5 Å². The number of pyridine rings is 1. The minimum atomic E-state index is -1.03. The molecule has 1 fully saturated rings. The van der Waals surface area contributed by atoms with E-state index in [0.29, 0.717) is 11.1 Å². The number of aliphatic carboxylic acids is 1. The minimum Gasteiger partial charge on any atom is -0.478 e. The lowest BCUT2D eigenvalue weighted by Crippen LogP contribution is -2.41. The summed E-state index contributed by atoms with van der Waals surface area (Å²) in [5.74, 6) is -1.19. The van der Waals surface area contributed by atoms with Crippen molar-refractivity contribution in [1.29, 1.82) is 0 Å². The third-order valence-corrected chi connectivity index (χ3v) is 4.00. The van der Waals surface area contributed by atoms with Crippen molar-refractivity contribution < 1.29 is 14.7 Å². The van der Waals surface area contributed by atoms with Crippen molar-refractivity contribution in [1.82, 2.24) is 10.3 Å². The van der Waals surface area contributed by atoms with Gasteiger partial charge in [-0.15, -0.1) is 0 Å². The summed E-state index contributed by atoms with van der Waals surface area (Å²) in [5, 5.41) is 11.7. The van der Waals surface area contributed by atoms with Crippen molar-refractivity contribution in [2.45, 2.75) is 39.2 Å². The number of aromatic nitrogens is 1.